The van der Waals surface area contributed by atoms with Gasteiger partial charge in [0.25, 0.3) is 0 Å². The summed E-state index contributed by atoms with van der Waals surface area (Å²) in [5.41, 5.74) is 2.56. The van der Waals surface area contributed by atoms with Gasteiger partial charge in [-0.25, -0.2) is 14.2 Å². The van der Waals surface area contributed by atoms with Crippen LogP contribution >= 0.6 is 12.2 Å². The predicted molar refractivity (Wildman–Crippen MR) is 111 cm³/mol. The van der Waals surface area contributed by atoms with Gasteiger partial charge in [-0.05, 0) is 54.2 Å². The molecule has 0 aliphatic carbocycles. The molecule has 2 heterocycles. The Morgan fingerprint density at radius 3 is 2.69 bits per heavy atom. The molecule has 4 rings (SSSR count). The molecule has 0 spiro atoms. The molecule has 9 heteroatoms. The number of aromatic amines is 1. The topological polar surface area (TPSA) is 76.7 Å². The van der Waals surface area contributed by atoms with Crippen LogP contribution in [0.25, 0.3) is 17.5 Å². The molecule has 2 aromatic carbocycles. The molecule has 1 N–H and O–H groups in total. The van der Waals surface area contributed by atoms with Crippen molar-refractivity contribution >= 4 is 24.5 Å². The Hall–Kier alpha value is -3.72. The maximum Gasteiger partial charge on any atom is 0.216 e. The van der Waals surface area contributed by atoms with Crippen LogP contribution in [-0.2, 0) is 6.54 Å². The number of rotatable bonds is 6. The lowest BCUT2D eigenvalue weighted by Gasteiger charge is -2.00. The molecule has 144 valence electrons. The maximum absolute atomic E-state index is 13.1. The van der Waals surface area contributed by atoms with Crippen molar-refractivity contribution in [3.8, 4) is 11.4 Å². The molecule has 0 radical (unpaired) electrons. The minimum absolute atomic E-state index is 0.318. The zero-order valence-electron chi connectivity index (χ0n) is 15.2. The molecule has 0 amide bonds. The first-order chi connectivity index (χ1) is 14.2. The molecular formula is C20H16FN7S. The predicted octanol–water partition coefficient (Wildman–Crippen LogP) is 3.93. The van der Waals surface area contributed by atoms with Gasteiger partial charge in [0.05, 0.1) is 12.7 Å². The van der Waals surface area contributed by atoms with Gasteiger partial charge in [-0.1, -0.05) is 35.5 Å². The molecule has 29 heavy (non-hydrogen) atoms. The number of allylic oxidation sites excluding steroid dienone is 1. The number of benzene rings is 2. The Morgan fingerprint density at radius 1 is 1.10 bits per heavy atom. The van der Waals surface area contributed by atoms with E-state index in [0.717, 1.165) is 5.56 Å². The number of halogens is 1. The van der Waals surface area contributed by atoms with Crippen molar-refractivity contribution in [3.63, 3.8) is 0 Å². The number of nitrogens with one attached hydrogen (secondary N) is 1. The Bertz CT molecular complexity index is 1200. The average molecular weight is 405 g/mol. The fourth-order valence-electron chi connectivity index (χ4n) is 2.67. The summed E-state index contributed by atoms with van der Waals surface area (Å²) in [5, 5.41) is 19.4. The van der Waals surface area contributed by atoms with Crippen molar-refractivity contribution in [3.05, 3.63) is 88.7 Å². The monoisotopic (exact) mass is 405 g/mol. The van der Waals surface area contributed by atoms with Crippen LogP contribution < -0.4 is 0 Å². The third-order valence-electron chi connectivity index (χ3n) is 4.03. The van der Waals surface area contributed by atoms with Crippen molar-refractivity contribution in [1.82, 2.24) is 29.9 Å². The summed E-state index contributed by atoms with van der Waals surface area (Å²) in [7, 11) is 0. The Balaban J connectivity index is 1.46. The van der Waals surface area contributed by atoms with Crippen LogP contribution in [0, 0.1) is 10.6 Å². The molecule has 0 unspecified atom stereocenters. The van der Waals surface area contributed by atoms with E-state index in [1.165, 1.54) is 16.8 Å². The van der Waals surface area contributed by atoms with E-state index in [1.54, 1.807) is 35.2 Å². The smallest absolute Gasteiger partial charge is 0.216 e. The summed E-state index contributed by atoms with van der Waals surface area (Å²) in [4.78, 5) is 0. The molecule has 0 atom stereocenters. The van der Waals surface area contributed by atoms with Crippen molar-refractivity contribution in [1.29, 1.82) is 0 Å². The molecule has 2 aromatic heterocycles. The number of nitrogens with zero attached hydrogens (tertiary/aromatic N) is 6. The largest absolute Gasteiger partial charge is 0.250 e. The lowest BCUT2D eigenvalue weighted by Crippen LogP contribution is -1.99. The maximum atomic E-state index is 13.1. The molecule has 0 saturated carbocycles. The second-order valence-electron chi connectivity index (χ2n) is 6.12. The highest BCUT2D eigenvalue weighted by molar-refractivity contribution is 7.71. The first-order valence-corrected chi connectivity index (χ1v) is 9.18. The van der Waals surface area contributed by atoms with E-state index in [0.29, 0.717) is 28.4 Å². The summed E-state index contributed by atoms with van der Waals surface area (Å²) >= 11 is 5.21. The van der Waals surface area contributed by atoms with E-state index in [9.17, 15) is 4.39 Å². The van der Waals surface area contributed by atoms with E-state index < -0.39 is 0 Å². The fourth-order valence-corrected chi connectivity index (χ4v) is 2.85. The third kappa shape index (κ3) is 4.58. The van der Waals surface area contributed by atoms with E-state index in [2.05, 4.69) is 25.6 Å². The lowest BCUT2D eigenvalue weighted by molar-refractivity contribution is 0.628. The lowest BCUT2D eigenvalue weighted by atomic mass is 10.2. The highest BCUT2D eigenvalue weighted by atomic mass is 32.1. The molecular weight excluding hydrogens is 389 g/mol. The van der Waals surface area contributed by atoms with Gasteiger partial charge in [0, 0.05) is 11.8 Å². The van der Waals surface area contributed by atoms with Crippen molar-refractivity contribution < 1.29 is 4.39 Å². The van der Waals surface area contributed by atoms with Gasteiger partial charge in [0.2, 0.25) is 4.77 Å². The van der Waals surface area contributed by atoms with Gasteiger partial charge in [-0.2, -0.15) is 14.9 Å². The van der Waals surface area contributed by atoms with Crippen LogP contribution in [0.3, 0.4) is 0 Å². The Morgan fingerprint density at radius 2 is 1.90 bits per heavy atom. The number of hydrogen-bond acceptors (Lipinski definition) is 5. The first-order valence-electron chi connectivity index (χ1n) is 8.77. The van der Waals surface area contributed by atoms with E-state index in [-0.39, 0.29) is 5.82 Å². The quantitative estimate of drug-likeness (QED) is 0.389. The SMILES string of the molecule is Fc1ccc(-c2n[nH]c(=S)n2/N=C\C=C\c2cn(Cc3ccccc3)nn2)cc1. The van der Waals surface area contributed by atoms with Gasteiger partial charge < -0.3 is 0 Å². The molecule has 0 bridgehead atoms. The van der Waals surface area contributed by atoms with Crippen LogP contribution in [0.1, 0.15) is 11.3 Å². The molecule has 0 aliphatic heterocycles. The number of aromatic nitrogens is 6. The second-order valence-corrected chi connectivity index (χ2v) is 6.51. The van der Waals surface area contributed by atoms with Crippen LogP contribution in [0.4, 0.5) is 4.39 Å². The zero-order chi connectivity index (χ0) is 20.1. The summed E-state index contributed by atoms with van der Waals surface area (Å²) in [6, 6.07) is 16.0. The summed E-state index contributed by atoms with van der Waals surface area (Å²) in [6.07, 6.45) is 6.96. The zero-order valence-corrected chi connectivity index (χ0v) is 16.0. The van der Waals surface area contributed by atoms with E-state index in [1.807, 2.05) is 36.5 Å². The van der Waals surface area contributed by atoms with E-state index >= 15 is 0 Å². The number of H-pyrrole nitrogens is 1. The normalized spacial score (nSPS) is 11.6. The van der Waals surface area contributed by atoms with Crippen LogP contribution in [0.5, 0.6) is 0 Å². The number of hydrogen-bond donors (Lipinski definition) is 1. The molecule has 7 nitrogen and oxygen atoms in total. The summed E-state index contributed by atoms with van der Waals surface area (Å²) in [6.45, 7) is 0.654. The molecule has 0 aliphatic rings. The minimum atomic E-state index is -0.318. The van der Waals surface area contributed by atoms with Gasteiger partial charge in [0.15, 0.2) is 5.82 Å². The Labute approximate surface area is 170 Å². The van der Waals surface area contributed by atoms with Crippen molar-refractivity contribution in [2.24, 2.45) is 5.10 Å². The van der Waals surface area contributed by atoms with Gasteiger partial charge in [-0.15, -0.1) is 5.10 Å². The van der Waals surface area contributed by atoms with Crippen molar-refractivity contribution in [2.75, 3.05) is 0 Å². The second kappa shape index (κ2) is 8.53. The average Bonchev–Trinajstić information content (AvgIpc) is 3.33. The van der Waals surface area contributed by atoms with E-state index in [4.69, 9.17) is 12.2 Å². The fraction of sp³-hybridized carbons (Fsp3) is 0.0500. The van der Waals surface area contributed by atoms with Gasteiger partial charge >= 0.3 is 0 Å². The van der Waals surface area contributed by atoms with Gasteiger partial charge in [-0.3, -0.25) is 0 Å². The van der Waals surface area contributed by atoms with Crippen LogP contribution in [0.2, 0.25) is 0 Å². The Kier molecular flexibility index (Phi) is 5.48. The highest BCUT2D eigenvalue weighted by Crippen LogP contribution is 2.17. The standard InChI is InChI=1S/C20H16FN7S/c21-17-10-8-16(9-11-17)19-24-25-20(29)28(19)22-12-4-7-18-14-27(26-23-18)13-15-5-2-1-3-6-15/h1-12,14H,13H2,(H,25,29)/b7-4+,22-12-. The summed E-state index contributed by atoms with van der Waals surface area (Å²) in [5.74, 6) is 0.176. The third-order valence-corrected chi connectivity index (χ3v) is 4.30. The molecule has 0 saturated heterocycles. The van der Waals surface area contributed by atoms with Crippen LogP contribution in [-0.4, -0.2) is 36.1 Å². The summed E-state index contributed by atoms with van der Waals surface area (Å²) < 4.78 is 16.7. The van der Waals surface area contributed by atoms with Gasteiger partial charge in [0.1, 0.15) is 11.5 Å². The molecule has 4 aromatic rings. The highest BCUT2D eigenvalue weighted by Gasteiger charge is 2.07. The minimum Gasteiger partial charge on any atom is -0.250 e. The molecule has 0 fully saturated rings. The van der Waals surface area contributed by atoms with Crippen LogP contribution in [0.15, 0.2) is 72.0 Å². The first kappa shape index (κ1) is 18.6. The van der Waals surface area contributed by atoms with Crippen molar-refractivity contribution in [2.45, 2.75) is 6.54 Å².